The summed E-state index contributed by atoms with van der Waals surface area (Å²) < 4.78 is 9.58. The van der Waals surface area contributed by atoms with E-state index < -0.39 is 5.97 Å². The molecule has 106 valence electrons. The molecule has 1 heterocycles. The molecule has 1 aliphatic rings. The van der Waals surface area contributed by atoms with Crippen molar-refractivity contribution in [3.8, 4) is 0 Å². The van der Waals surface area contributed by atoms with Crippen LogP contribution in [0.3, 0.4) is 0 Å². The van der Waals surface area contributed by atoms with Crippen molar-refractivity contribution in [3.05, 3.63) is 28.5 Å². The average Bonchev–Trinajstić information content (AvgIpc) is 2.88. The first-order valence-corrected chi connectivity index (χ1v) is 6.76. The average molecular weight is 297 g/mol. The molecular formula is C12H11NO6S. The van der Waals surface area contributed by atoms with Gasteiger partial charge in [0.2, 0.25) is 17.3 Å². The van der Waals surface area contributed by atoms with Crippen LogP contribution in [0.2, 0.25) is 0 Å². The molecule has 20 heavy (non-hydrogen) atoms. The fourth-order valence-electron chi connectivity index (χ4n) is 1.57. The predicted octanol–water partition coefficient (Wildman–Crippen LogP) is 1.16. The van der Waals surface area contributed by atoms with E-state index in [9.17, 15) is 14.4 Å². The van der Waals surface area contributed by atoms with Crippen LogP contribution in [0, 0.1) is 0 Å². The van der Waals surface area contributed by atoms with Crippen molar-refractivity contribution < 1.29 is 28.8 Å². The van der Waals surface area contributed by atoms with Crippen LogP contribution in [0.15, 0.2) is 21.7 Å². The van der Waals surface area contributed by atoms with E-state index in [0.29, 0.717) is 17.1 Å². The van der Waals surface area contributed by atoms with E-state index in [0.717, 1.165) is 0 Å². The Balaban J connectivity index is 1.81. The van der Waals surface area contributed by atoms with Crippen LogP contribution in [0.4, 0.5) is 0 Å². The van der Waals surface area contributed by atoms with E-state index in [1.54, 1.807) is 0 Å². The largest absolute Gasteiger partial charge is 0.480 e. The molecule has 0 fully saturated rings. The van der Waals surface area contributed by atoms with Gasteiger partial charge in [-0.15, -0.1) is 11.8 Å². The van der Waals surface area contributed by atoms with Crippen LogP contribution in [0.25, 0.3) is 0 Å². The normalized spacial score (nSPS) is 14.1. The molecular weight excluding hydrogens is 286 g/mol. The third-order valence-corrected chi connectivity index (χ3v) is 3.55. The molecule has 0 bridgehead atoms. The molecule has 0 amide bonds. The molecule has 0 saturated carbocycles. The van der Waals surface area contributed by atoms with E-state index in [1.165, 1.54) is 24.0 Å². The number of aliphatic carboxylic acids is 1. The van der Waals surface area contributed by atoms with Crippen molar-refractivity contribution in [2.75, 3.05) is 19.0 Å². The summed E-state index contributed by atoms with van der Waals surface area (Å²) in [5.41, 5.74) is 0.183. The van der Waals surface area contributed by atoms with Crippen molar-refractivity contribution in [3.63, 3.8) is 0 Å². The summed E-state index contributed by atoms with van der Waals surface area (Å²) in [7, 11) is 0. The highest BCUT2D eigenvalue weighted by molar-refractivity contribution is 8.04. The van der Waals surface area contributed by atoms with Crippen LogP contribution in [-0.2, 0) is 9.53 Å². The number of ketones is 2. The lowest BCUT2D eigenvalue weighted by Gasteiger charge is -2.09. The number of hydrogen-bond acceptors (Lipinski definition) is 7. The van der Waals surface area contributed by atoms with E-state index in [1.807, 2.05) is 0 Å². The van der Waals surface area contributed by atoms with Crippen LogP contribution in [-0.4, -0.2) is 46.8 Å². The fourth-order valence-corrected chi connectivity index (χ4v) is 2.49. The van der Waals surface area contributed by atoms with Gasteiger partial charge < -0.3 is 14.4 Å². The first-order chi connectivity index (χ1) is 9.59. The van der Waals surface area contributed by atoms with Gasteiger partial charge in [0.1, 0.15) is 6.61 Å². The van der Waals surface area contributed by atoms with Crippen LogP contribution < -0.4 is 0 Å². The zero-order valence-electron chi connectivity index (χ0n) is 10.3. The summed E-state index contributed by atoms with van der Waals surface area (Å²) in [5, 5.41) is 11.8. The lowest BCUT2D eigenvalue weighted by molar-refractivity contribution is -0.142. The number of carboxylic acids is 1. The summed E-state index contributed by atoms with van der Waals surface area (Å²) in [5.74, 6) is -1.15. The van der Waals surface area contributed by atoms with Crippen molar-refractivity contribution >= 4 is 29.3 Å². The second-order valence-electron chi connectivity index (χ2n) is 3.92. The number of fused-ring (bicyclic) bond motifs is 1. The second kappa shape index (κ2) is 6.49. The highest BCUT2D eigenvalue weighted by atomic mass is 32.2. The minimum absolute atomic E-state index is 0.0239. The lowest BCUT2D eigenvalue weighted by Crippen LogP contribution is -2.13. The van der Waals surface area contributed by atoms with Gasteiger partial charge in [0.25, 0.3) is 0 Å². The Morgan fingerprint density at radius 3 is 3.00 bits per heavy atom. The molecule has 1 N–H and O–H groups in total. The molecule has 0 atom stereocenters. The van der Waals surface area contributed by atoms with Crippen LogP contribution >= 0.6 is 11.8 Å². The van der Waals surface area contributed by atoms with Crippen LogP contribution in [0.1, 0.15) is 27.3 Å². The Kier molecular flexibility index (Phi) is 4.70. The van der Waals surface area contributed by atoms with E-state index >= 15 is 0 Å². The van der Waals surface area contributed by atoms with Crippen molar-refractivity contribution in [2.24, 2.45) is 0 Å². The van der Waals surface area contributed by atoms with Gasteiger partial charge in [-0.3, -0.25) is 9.59 Å². The number of carbonyl (C=O) groups is 3. The molecule has 0 aromatic carbocycles. The molecule has 8 heteroatoms. The number of hydrogen-bond donors (Lipinski definition) is 1. The van der Waals surface area contributed by atoms with Crippen molar-refractivity contribution in [1.29, 1.82) is 0 Å². The number of ether oxygens (including phenoxy) is 1. The number of carbonyl (C=O) groups excluding carboxylic acids is 2. The standard InChI is InChI=1S/C12H11NO6S/c14-8-4-9(11(17)7-5-13-19-12(7)8)20-3-1-2-18-6-10(15)16/h4-5H,1-3,6H2,(H,15,16). The number of carboxylic acid groups (broad SMARTS) is 1. The number of rotatable bonds is 7. The second-order valence-corrected chi connectivity index (χ2v) is 5.06. The first kappa shape index (κ1) is 14.5. The molecule has 0 spiro atoms. The van der Waals surface area contributed by atoms with Gasteiger partial charge in [0.15, 0.2) is 0 Å². The highest BCUT2D eigenvalue weighted by Gasteiger charge is 2.29. The van der Waals surface area contributed by atoms with Crippen molar-refractivity contribution in [2.45, 2.75) is 6.42 Å². The summed E-state index contributed by atoms with van der Waals surface area (Å²) in [6.07, 6.45) is 3.05. The number of allylic oxidation sites excluding steroid dienone is 2. The summed E-state index contributed by atoms with van der Waals surface area (Å²) in [4.78, 5) is 34.2. The van der Waals surface area contributed by atoms with Gasteiger partial charge in [-0.25, -0.2) is 4.79 Å². The third kappa shape index (κ3) is 3.34. The Bertz CT molecular complexity index is 576. The maximum absolute atomic E-state index is 12.0. The van der Waals surface area contributed by atoms with Crippen LogP contribution in [0.5, 0.6) is 0 Å². The fraction of sp³-hybridized carbons (Fsp3) is 0.333. The first-order valence-electron chi connectivity index (χ1n) is 5.77. The maximum atomic E-state index is 12.0. The maximum Gasteiger partial charge on any atom is 0.329 e. The molecule has 0 unspecified atom stereocenters. The predicted molar refractivity (Wildman–Crippen MR) is 68.8 cm³/mol. The molecule has 0 aliphatic heterocycles. The highest BCUT2D eigenvalue weighted by Crippen LogP contribution is 2.28. The molecule has 2 rings (SSSR count). The molecule has 7 nitrogen and oxygen atoms in total. The number of nitrogens with zero attached hydrogens (tertiary/aromatic N) is 1. The van der Waals surface area contributed by atoms with Gasteiger partial charge in [-0.1, -0.05) is 5.16 Å². The number of thioether (sulfide) groups is 1. The monoisotopic (exact) mass is 297 g/mol. The summed E-state index contributed by atoms with van der Waals surface area (Å²) >= 11 is 1.23. The Hall–Kier alpha value is -1.93. The third-order valence-electron chi connectivity index (χ3n) is 2.44. The Morgan fingerprint density at radius 1 is 1.45 bits per heavy atom. The molecule has 1 aromatic heterocycles. The van der Waals surface area contributed by atoms with Gasteiger partial charge >= 0.3 is 5.97 Å². The van der Waals surface area contributed by atoms with Crippen molar-refractivity contribution in [1.82, 2.24) is 5.16 Å². The minimum atomic E-state index is -1.02. The molecule has 0 radical (unpaired) electrons. The zero-order valence-corrected chi connectivity index (χ0v) is 11.1. The van der Waals surface area contributed by atoms with E-state index in [-0.39, 0.29) is 36.1 Å². The smallest absolute Gasteiger partial charge is 0.329 e. The topological polar surface area (TPSA) is 107 Å². The Morgan fingerprint density at radius 2 is 2.25 bits per heavy atom. The number of Topliss-reactive ketones (excluding diaryl/α,β-unsaturated/α-hetero) is 1. The quantitative estimate of drug-likeness (QED) is 0.747. The van der Waals surface area contributed by atoms with Gasteiger partial charge in [-0.2, -0.15) is 0 Å². The molecule has 0 saturated heterocycles. The summed E-state index contributed by atoms with van der Waals surface area (Å²) in [6.45, 7) is -0.0535. The lowest BCUT2D eigenvalue weighted by atomic mass is 10.0. The van der Waals surface area contributed by atoms with Gasteiger partial charge in [0, 0.05) is 18.4 Å². The Labute approximate surface area is 118 Å². The number of aromatic nitrogens is 1. The van der Waals surface area contributed by atoms with Gasteiger partial charge in [-0.05, 0) is 6.42 Å². The molecule has 1 aliphatic carbocycles. The zero-order chi connectivity index (χ0) is 14.5. The minimum Gasteiger partial charge on any atom is -0.480 e. The SMILES string of the molecule is O=C(O)COCCCSC1=CC(=O)c2oncc2C1=O. The molecule has 1 aromatic rings. The van der Waals surface area contributed by atoms with E-state index in [4.69, 9.17) is 14.4 Å². The van der Waals surface area contributed by atoms with Gasteiger partial charge in [0.05, 0.1) is 16.7 Å². The van der Waals surface area contributed by atoms with E-state index in [2.05, 4.69) is 5.16 Å². The summed E-state index contributed by atoms with van der Waals surface area (Å²) in [6, 6.07) is 0.